The van der Waals surface area contributed by atoms with Gasteiger partial charge in [-0.3, -0.25) is 4.79 Å². The number of nitrogens with one attached hydrogen (secondary N) is 1. The van der Waals surface area contributed by atoms with Crippen LogP contribution in [0, 0.1) is 0 Å². The molecule has 0 atom stereocenters. The highest BCUT2D eigenvalue weighted by molar-refractivity contribution is 9.10. The molecule has 5 heteroatoms. The molecular formula is C10H8BrNO3. The van der Waals surface area contributed by atoms with Gasteiger partial charge in [0.15, 0.2) is 4.67 Å². The molecule has 0 aliphatic heterocycles. The summed E-state index contributed by atoms with van der Waals surface area (Å²) >= 11 is 3.13. The van der Waals surface area contributed by atoms with E-state index < -0.39 is 0 Å². The average molecular weight is 270 g/mol. The third-order valence-electron chi connectivity index (χ3n) is 1.83. The molecule has 2 heterocycles. The van der Waals surface area contributed by atoms with E-state index in [0.29, 0.717) is 22.5 Å². The maximum absolute atomic E-state index is 11.5. The fourth-order valence-electron chi connectivity index (χ4n) is 1.11. The molecule has 4 nitrogen and oxygen atoms in total. The molecule has 0 saturated carbocycles. The van der Waals surface area contributed by atoms with E-state index in [4.69, 9.17) is 8.83 Å². The van der Waals surface area contributed by atoms with Gasteiger partial charge < -0.3 is 14.2 Å². The van der Waals surface area contributed by atoms with Crippen LogP contribution in [0.5, 0.6) is 0 Å². The molecule has 0 unspecified atom stereocenters. The van der Waals surface area contributed by atoms with Crippen molar-refractivity contribution in [2.24, 2.45) is 0 Å². The number of halogens is 1. The van der Waals surface area contributed by atoms with Crippen molar-refractivity contribution in [3.05, 3.63) is 46.7 Å². The minimum Gasteiger partial charge on any atom is -0.467 e. The third kappa shape index (κ3) is 2.50. The lowest BCUT2D eigenvalue weighted by atomic mass is 10.3. The van der Waals surface area contributed by atoms with Gasteiger partial charge in [0.25, 0.3) is 5.91 Å². The van der Waals surface area contributed by atoms with Crippen molar-refractivity contribution < 1.29 is 13.6 Å². The monoisotopic (exact) mass is 269 g/mol. The summed E-state index contributed by atoms with van der Waals surface area (Å²) < 4.78 is 10.6. The summed E-state index contributed by atoms with van der Waals surface area (Å²) in [6.45, 7) is 0.370. The van der Waals surface area contributed by atoms with Gasteiger partial charge in [-0.1, -0.05) is 0 Å². The van der Waals surface area contributed by atoms with Gasteiger partial charge in [0.05, 0.1) is 18.4 Å². The molecule has 78 valence electrons. The van der Waals surface area contributed by atoms with Crippen molar-refractivity contribution in [1.29, 1.82) is 0 Å². The van der Waals surface area contributed by atoms with Gasteiger partial charge in [-0.05, 0) is 28.1 Å². The van der Waals surface area contributed by atoms with Crippen molar-refractivity contribution in [1.82, 2.24) is 5.32 Å². The minimum atomic E-state index is -0.194. The number of hydrogen-bond acceptors (Lipinski definition) is 3. The molecule has 0 saturated heterocycles. The van der Waals surface area contributed by atoms with Crippen LogP contribution in [0.4, 0.5) is 0 Å². The predicted molar refractivity (Wildman–Crippen MR) is 56.3 cm³/mol. The summed E-state index contributed by atoms with van der Waals surface area (Å²) in [4.78, 5) is 11.5. The van der Waals surface area contributed by atoms with E-state index in [-0.39, 0.29) is 5.91 Å². The normalized spacial score (nSPS) is 10.2. The van der Waals surface area contributed by atoms with E-state index in [1.54, 1.807) is 24.5 Å². The first-order valence-electron chi connectivity index (χ1n) is 4.30. The van der Waals surface area contributed by atoms with Gasteiger partial charge in [-0.25, -0.2) is 0 Å². The summed E-state index contributed by atoms with van der Waals surface area (Å²) in [5, 5.41) is 2.70. The van der Waals surface area contributed by atoms with Gasteiger partial charge >= 0.3 is 0 Å². The largest absolute Gasteiger partial charge is 0.467 e. The lowest BCUT2D eigenvalue weighted by molar-refractivity contribution is 0.0947. The topological polar surface area (TPSA) is 55.4 Å². The Balaban J connectivity index is 1.93. The van der Waals surface area contributed by atoms with Crippen LogP contribution in [0.15, 0.2) is 44.2 Å². The van der Waals surface area contributed by atoms with Crippen molar-refractivity contribution in [2.75, 3.05) is 0 Å². The van der Waals surface area contributed by atoms with Gasteiger partial charge in [-0.15, -0.1) is 0 Å². The second kappa shape index (κ2) is 4.35. The molecule has 2 aromatic heterocycles. The zero-order chi connectivity index (χ0) is 10.7. The van der Waals surface area contributed by atoms with Gasteiger partial charge in [0.1, 0.15) is 12.0 Å². The Labute approximate surface area is 94.4 Å². The summed E-state index contributed by atoms with van der Waals surface area (Å²) in [6.07, 6.45) is 2.96. The van der Waals surface area contributed by atoms with Crippen LogP contribution < -0.4 is 5.32 Å². The molecule has 1 N–H and O–H groups in total. The molecule has 2 rings (SSSR count). The van der Waals surface area contributed by atoms with E-state index in [9.17, 15) is 4.79 Å². The Morgan fingerprint density at radius 2 is 2.33 bits per heavy atom. The van der Waals surface area contributed by atoms with E-state index in [1.165, 1.54) is 6.26 Å². The second-order valence-corrected chi connectivity index (χ2v) is 3.68. The zero-order valence-electron chi connectivity index (χ0n) is 7.70. The smallest absolute Gasteiger partial charge is 0.254 e. The van der Waals surface area contributed by atoms with Crippen molar-refractivity contribution >= 4 is 21.8 Å². The van der Waals surface area contributed by atoms with Crippen LogP contribution in [0.2, 0.25) is 0 Å². The molecular weight excluding hydrogens is 262 g/mol. The van der Waals surface area contributed by atoms with Crippen LogP contribution in [0.25, 0.3) is 0 Å². The first kappa shape index (κ1) is 10.0. The maximum atomic E-state index is 11.5. The predicted octanol–water partition coefficient (Wildman–Crippen LogP) is 2.57. The Bertz CT molecular complexity index is 447. The number of amides is 1. The first-order chi connectivity index (χ1) is 7.25. The van der Waals surface area contributed by atoms with Gasteiger partial charge in [-0.2, -0.15) is 0 Å². The molecule has 0 bridgehead atoms. The lowest BCUT2D eigenvalue weighted by Crippen LogP contribution is -2.21. The van der Waals surface area contributed by atoms with Gasteiger partial charge in [0.2, 0.25) is 0 Å². The SMILES string of the molecule is O=C(NCc1ccco1)c1coc(Br)c1. The number of carbonyl (C=O) groups excluding carboxylic acids is 1. The van der Waals surface area contributed by atoms with E-state index in [1.807, 2.05) is 0 Å². The highest BCUT2D eigenvalue weighted by atomic mass is 79.9. The minimum absolute atomic E-state index is 0.194. The molecule has 0 spiro atoms. The molecule has 2 aromatic rings. The molecule has 0 aliphatic carbocycles. The fourth-order valence-corrected chi connectivity index (χ4v) is 1.45. The van der Waals surface area contributed by atoms with Crippen LogP contribution >= 0.6 is 15.9 Å². The Kier molecular flexibility index (Phi) is 2.91. The fraction of sp³-hybridized carbons (Fsp3) is 0.100. The van der Waals surface area contributed by atoms with E-state index >= 15 is 0 Å². The van der Waals surface area contributed by atoms with Crippen LogP contribution in [-0.2, 0) is 6.54 Å². The average Bonchev–Trinajstić information content (AvgIpc) is 2.84. The van der Waals surface area contributed by atoms with Crippen molar-refractivity contribution in [2.45, 2.75) is 6.54 Å². The van der Waals surface area contributed by atoms with E-state index in [2.05, 4.69) is 21.2 Å². The highest BCUT2D eigenvalue weighted by Gasteiger charge is 2.08. The quantitative estimate of drug-likeness (QED) is 0.932. The molecule has 15 heavy (non-hydrogen) atoms. The molecule has 0 aliphatic rings. The number of furan rings is 2. The second-order valence-electron chi connectivity index (χ2n) is 2.90. The summed E-state index contributed by atoms with van der Waals surface area (Å²) in [6, 6.07) is 5.18. The number of carbonyl (C=O) groups is 1. The van der Waals surface area contributed by atoms with E-state index in [0.717, 1.165) is 0 Å². The molecule has 0 fully saturated rings. The summed E-state index contributed by atoms with van der Waals surface area (Å²) in [5.41, 5.74) is 0.480. The molecule has 0 radical (unpaired) electrons. The van der Waals surface area contributed by atoms with Crippen LogP contribution in [0.3, 0.4) is 0 Å². The summed E-state index contributed by atoms with van der Waals surface area (Å²) in [5.74, 6) is 0.520. The van der Waals surface area contributed by atoms with Crippen LogP contribution in [-0.4, -0.2) is 5.91 Å². The first-order valence-corrected chi connectivity index (χ1v) is 5.09. The van der Waals surface area contributed by atoms with Crippen molar-refractivity contribution in [3.8, 4) is 0 Å². The Morgan fingerprint density at radius 3 is 2.93 bits per heavy atom. The number of rotatable bonds is 3. The maximum Gasteiger partial charge on any atom is 0.254 e. The Morgan fingerprint density at radius 1 is 1.47 bits per heavy atom. The summed E-state index contributed by atoms with van der Waals surface area (Å²) in [7, 11) is 0. The zero-order valence-corrected chi connectivity index (χ0v) is 9.28. The lowest BCUT2D eigenvalue weighted by Gasteiger charge is -1.99. The standard InChI is InChI=1S/C10H8BrNO3/c11-9-4-7(6-15-9)10(13)12-5-8-2-1-3-14-8/h1-4,6H,5H2,(H,12,13). The Hall–Kier alpha value is -1.49. The van der Waals surface area contributed by atoms with Crippen molar-refractivity contribution in [3.63, 3.8) is 0 Å². The third-order valence-corrected chi connectivity index (χ3v) is 2.25. The number of hydrogen-bond donors (Lipinski definition) is 1. The molecule has 0 aromatic carbocycles. The van der Waals surface area contributed by atoms with Crippen LogP contribution in [0.1, 0.15) is 16.1 Å². The van der Waals surface area contributed by atoms with Gasteiger partial charge in [0, 0.05) is 6.07 Å². The molecule has 1 amide bonds. The highest BCUT2D eigenvalue weighted by Crippen LogP contribution is 2.13.